The molecular formula is C11H15N5O2S. The zero-order chi connectivity index (χ0) is 14.0. The second-order valence-corrected chi connectivity index (χ2v) is 5.33. The molecule has 2 aromatic heterocycles. The fraction of sp³-hybridized carbons (Fsp3) is 0.455. The Morgan fingerprint density at radius 3 is 2.74 bits per heavy atom. The number of hydrogen-bond donors (Lipinski definition) is 1. The minimum Gasteiger partial charge on any atom is -0.481 e. The Balaban J connectivity index is 2.41. The molecule has 0 fully saturated rings. The molecule has 8 heteroatoms. The monoisotopic (exact) mass is 281 g/mol. The molecule has 0 saturated heterocycles. The fourth-order valence-electron chi connectivity index (χ4n) is 1.64. The van der Waals surface area contributed by atoms with Gasteiger partial charge in [-0.3, -0.25) is 14.0 Å². The van der Waals surface area contributed by atoms with Crippen LogP contribution in [0.2, 0.25) is 0 Å². The average molecular weight is 281 g/mol. The summed E-state index contributed by atoms with van der Waals surface area (Å²) in [6.45, 7) is 4.03. The summed E-state index contributed by atoms with van der Waals surface area (Å²) in [5, 5.41) is 21.7. The van der Waals surface area contributed by atoms with Crippen molar-refractivity contribution in [2.24, 2.45) is 7.05 Å². The molecule has 0 radical (unpaired) electrons. The summed E-state index contributed by atoms with van der Waals surface area (Å²) < 4.78 is 3.54. The number of hydrogen-bond acceptors (Lipinski definition) is 5. The van der Waals surface area contributed by atoms with E-state index in [2.05, 4.69) is 15.3 Å². The van der Waals surface area contributed by atoms with Gasteiger partial charge in [-0.2, -0.15) is 5.10 Å². The second kappa shape index (κ2) is 5.43. The maximum absolute atomic E-state index is 10.7. The van der Waals surface area contributed by atoms with Gasteiger partial charge in [0.05, 0.1) is 17.6 Å². The van der Waals surface area contributed by atoms with Crippen LogP contribution in [0.15, 0.2) is 17.6 Å². The molecule has 0 unspecified atom stereocenters. The van der Waals surface area contributed by atoms with Gasteiger partial charge in [0.15, 0.2) is 5.16 Å². The number of nitrogens with zero attached hydrogens (tertiary/aromatic N) is 5. The molecule has 2 heterocycles. The average Bonchev–Trinajstić information content (AvgIpc) is 2.91. The van der Waals surface area contributed by atoms with E-state index in [1.54, 1.807) is 10.9 Å². The van der Waals surface area contributed by atoms with Crippen molar-refractivity contribution in [2.45, 2.75) is 24.9 Å². The first-order valence-electron chi connectivity index (χ1n) is 5.78. The van der Waals surface area contributed by atoms with Crippen LogP contribution in [0.25, 0.3) is 5.69 Å². The van der Waals surface area contributed by atoms with Gasteiger partial charge < -0.3 is 5.11 Å². The molecular weight excluding hydrogens is 266 g/mol. The predicted octanol–water partition coefficient (Wildman–Crippen LogP) is 1.30. The highest BCUT2D eigenvalue weighted by atomic mass is 32.2. The Morgan fingerprint density at radius 1 is 1.47 bits per heavy atom. The van der Waals surface area contributed by atoms with Crippen molar-refractivity contribution in [1.29, 1.82) is 0 Å². The normalized spacial score (nSPS) is 11.2. The molecule has 1 N–H and O–H groups in total. The molecule has 19 heavy (non-hydrogen) atoms. The Labute approximate surface area is 114 Å². The molecule has 0 aliphatic heterocycles. The Hall–Kier alpha value is -1.83. The lowest BCUT2D eigenvalue weighted by Crippen LogP contribution is -2.05. The van der Waals surface area contributed by atoms with Gasteiger partial charge in [-0.1, -0.05) is 25.6 Å². The van der Waals surface area contributed by atoms with Crippen molar-refractivity contribution < 1.29 is 9.90 Å². The van der Waals surface area contributed by atoms with E-state index in [0.717, 1.165) is 23.3 Å². The molecule has 0 amide bonds. The molecule has 0 aromatic carbocycles. The Kier molecular flexibility index (Phi) is 3.89. The summed E-state index contributed by atoms with van der Waals surface area (Å²) in [4.78, 5) is 10.7. The van der Waals surface area contributed by atoms with Crippen LogP contribution in [0.4, 0.5) is 0 Å². The summed E-state index contributed by atoms with van der Waals surface area (Å²) >= 11 is 1.15. The minimum absolute atomic E-state index is 0.0451. The first-order chi connectivity index (χ1) is 8.99. The lowest BCUT2D eigenvalue weighted by Gasteiger charge is -2.08. The van der Waals surface area contributed by atoms with E-state index in [-0.39, 0.29) is 11.7 Å². The smallest absolute Gasteiger partial charge is 0.313 e. The standard InChI is InChI=1S/C11H15N5O2S/c1-7(2)10-13-14-11(19-6-9(17)18)16(10)8-4-12-15(3)5-8/h4-5,7H,6H2,1-3H3,(H,17,18). The first kappa shape index (κ1) is 13.6. The molecule has 0 spiro atoms. The molecule has 0 aliphatic rings. The number of carbonyl (C=O) groups is 1. The molecule has 0 aliphatic carbocycles. The van der Waals surface area contributed by atoms with Crippen LogP contribution in [0.3, 0.4) is 0 Å². The van der Waals surface area contributed by atoms with E-state index >= 15 is 0 Å². The molecule has 0 atom stereocenters. The third-order valence-corrected chi connectivity index (χ3v) is 3.36. The van der Waals surface area contributed by atoms with E-state index in [9.17, 15) is 4.79 Å². The van der Waals surface area contributed by atoms with Gasteiger partial charge in [-0.25, -0.2) is 0 Å². The first-order valence-corrected chi connectivity index (χ1v) is 6.76. The van der Waals surface area contributed by atoms with Gasteiger partial charge >= 0.3 is 5.97 Å². The summed E-state index contributed by atoms with van der Waals surface area (Å²) in [7, 11) is 1.83. The molecule has 0 bridgehead atoms. The Bertz CT molecular complexity index is 590. The fourth-order valence-corrected chi connectivity index (χ4v) is 2.32. The second-order valence-electron chi connectivity index (χ2n) is 4.39. The van der Waals surface area contributed by atoms with Gasteiger partial charge in [0.25, 0.3) is 0 Å². The van der Waals surface area contributed by atoms with E-state index in [4.69, 9.17) is 5.11 Å². The van der Waals surface area contributed by atoms with Crippen LogP contribution in [-0.4, -0.2) is 41.4 Å². The number of aliphatic carboxylic acids is 1. The van der Waals surface area contributed by atoms with Gasteiger partial charge in [-0.15, -0.1) is 10.2 Å². The molecule has 102 valence electrons. The van der Waals surface area contributed by atoms with Gasteiger partial charge in [0, 0.05) is 19.2 Å². The van der Waals surface area contributed by atoms with E-state index < -0.39 is 5.97 Å². The number of carboxylic acids is 1. The quantitative estimate of drug-likeness (QED) is 0.831. The molecule has 7 nitrogen and oxygen atoms in total. The molecule has 2 aromatic rings. The van der Waals surface area contributed by atoms with Crippen molar-refractivity contribution in [3.05, 3.63) is 18.2 Å². The largest absolute Gasteiger partial charge is 0.481 e. The lowest BCUT2D eigenvalue weighted by atomic mass is 10.2. The van der Waals surface area contributed by atoms with Crippen molar-refractivity contribution >= 4 is 17.7 Å². The van der Waals surface area contributed by atoms with Gasteiger partial charge in [0.1, 0.15) is 5.82 Å². The summed E-state index contributed by atoms with van der Waals surface area (Å²) in [5.74, 6) is 0.0563. The molecule has 0 saturated carbocycles. The SMILES string of the molecule is CC(C)c1nnc(SCC(=O)O)n1-c1cnn(C)c1. The predicted molar refractivity (Wildman–Crippen MR) is 70.6 cm³/mol. The summed E-state index contributed by atoms with van der Waals surface area (Å²) in [5.41, 5.74) is 0.837. The van der Waals surface area contributed by atoms with E-state index in [1.165, 1.54) is 0 Å². The Morgan fingerprint density at radius 2 is 2.21 bits per heavy atom. The van der Waals surface area contributed by atoms with Crippen LogP contribution < -0.4 is 0 Å². The third kappa shape index (κ3) is 2.95. The van der Waals surface area contributed by atoms with Crippen LogP contribution in [0.1, 0.15) is 25.6 Å². The van der Waals surface area contributed by atoms with Crippen molar-refractivity contribution in [3.8, 4) is 5.69 Å². The number of thioether (sulfide) groups is 1. The number of rotatable bonds is 5. The number of carboxylic acid groups (broad SMARTS) is 1. The number of aryl methyl sites for hydroxylation is 1. The number of aromatic nitrogens is 5. The zero-order valence-electron chi connectivity index (χ0n) is 10.9. The van der Waals surface area contributed by atoms with Crippen LogP contribution in [0.5, 0.6) is 0 Å². The van der Waals surface area contributed by atoms with Crippen molar-refractivity contribution in [3.63, 3.8) is 0 Å². The van der Waals surface area contributed by atoms with Crippen LogP contribution in [-0.2, 0) is 11.8 Å². The van der Waals surface area contributed by atoms with Crippen molar-refractivity contribution in [1.82, 2.24) is 24.5 Å². The van der Waals surface area contributed by atoms with E-state index in [0.29, 0.717) is 5.16 Å². The van der Waals surface area contributed by atoms with Crippen molar-refractivity contribution in [2.75, 3.05) is 5.75 Å². The maximum Gasteiger partial charge on any atom is 0.313 e. The highest BCUT2D eigenvalue weighted by Crippen LogP contribution is 2.25. The minimum atomic E-state index is -0.878. The highest BCUT2D eigenvalue weighted by molar-refractivity contribution is 7.99. The summed E-state index contributed by atoms with van der Waals surface area (Å²) in [6.07, 6.45) is 3.56. The van der Waals surface area contributed by atoms with Crippen LogP contribution >= 0.6 is 11.8 Å². The third-order valence-electron chi connectivity index (χ3n) is 2.45. The molecule has 2 rings (SSSR count). The van der Waals surface area contributed by atoms with Gasteiger partial charge in [-0.05, 0) is 0 Å². The van der Waals surface area contributed by atoms with Gasteiger partial charge in [0.2, 0.25) is 0 Å². The van der Waals surface area contributed by atoms with Crippen LogP contribution in [0, 0.1) is 0 Å². The lowest BCUT2D eigenvalue weighted by molar-refractivity contribution is -0.133. The topological polar surface area (TPSA) is 85.8 Å². The zero-order valence-corrected chi connectivity index (χ0v) is 11.8. The highest BCUT2D eigenvalue weighted by Gasteiger charge is 2.18. The summed E-state index contributed by atoms with van der Waals surface area (Å²) in [6, 6.07) is 0. The van der Waals surface area contributed by atoms with E-state index in [1.807, 2.05) is 31.7 Å². The maximum atomic E-state index is 10.7.